The maximum atomic E-state index is 4.93. The van der Waals surface area contributed by atoms with Crippen LogP contribution in [0.2, 0.25) is 0 Å². The van der Waals surface area contributed by atoms with Crippen LogP contribution in [0.25, 0.3) is 0 Å². The van der Waals surface area contributed by atoms with E-state index in [9.17, 15) is 0 Å². The number of likely N-dealkylation sites (N-methyl/N-ethyl adjacent to an activating group) is 1. The van der Waals surface area contributed by atoms with Gasteiger partial charge < -0.3 is 10.2 Å². The molecule has 1 aliphatic heterocycles. The van der Waals surface area contributed by atoms with Gasteiger partial charge in [-0.2, -0.15) is 0 Å². The van der Waals surface area contributed by atoms with Crippen LogP contribution in [0.3, 0.4) is 0 Å². The first-order chi connectivity index (χ1) is 9.00. The molecule has 4 heteroatoms. The maximum absolute atomic E-state index is 4.93. The van der Waals surface area contributed by atoms with E-state index in [0.29, 0.717) is 5.54 Å². The first kappa shape index (κ1) is 15.2. The molecule has 3 nitrogen and oxygen atoms in total. The average molecular weight is 283 g/mol. The molecule has 2 aliphatic rings. The van der Waals surface area contributed by atoms with E-state index in [1.165, 1.54) is 49.4 Å². The van der Waals surface area contributed by atoms with Crippen molar-refractivity contribution < 1.29 is 0 Å². The van der Waals surface area contributed by atoms with Gasteiger partial charge in [-0.3, -0.25) is 4.99 Å². The van der Waals surface area contributed by atoms with Gasteiger partial charge in [0.25, 0.3) is 0 Å². The summed E-state index contributed by atoms with van der Waals surface area (Å²) in [5, 5.41) is 4.82. The fourth-order valence-corrected chi connectivity index (χ4v) is 4.30. The molecule has 1 N–H and O–H groups in total. The van der Waals surface area contributed by atoms with Gasteiger partial charge >= 0.3 is 0 Å². The summed E-state index contributed by atoms with van der Waals surface area (Å²) in [5.74, 6) is 1.20. The lowest BCUT2D eigenvalue weighted by Crippen LogP contribution is -2.49. The molecule has 0 bridgehead atoms. The Labute approximate surface area is 122 Å². The zero-order chi connectivity index (χ0) is 13.9. The van der Waals surface area contributed by atoms with Gasteiger partial charge in [0.1, 0.15) is 0 Å². The summed E-state index contributed by atoms with van der Waals surface area (Å²) < 4.78 is 0. The van der Waals surface area contributed by atoms with Gasteiger partial charge in [-0.1, -0.05) is 31.5 Å². The molecule has 1 saturated carbocycles. The summed E-state index contributed by atoms with van der Waals surface area (Å²) in [6.45, 7) is 5.54. The quantitative estimate of drug-likeness (QED) is 0.859. The number of aliphatic imine (C=N–C) groups is 1. The van der Waals surface area contributed by atoms with E-state index in [0.717, 1.165) is 6.54 Å². The maximum Gasteiger partial charge on any atom is 0.157 e. The van der Waals surface area contributed by atoms with Crippen molar-refractivity contribution in [2.45, 2.75) is 63.5 Å². The molecular formula is C15H29N3S. The van der Waals surface area contributed by atoms with Crippen LogP contribution in [0.5, 0.6) is 0 Å². The normalized spacial score (nSPS) is 32.8. The number of hydrogen-bond acceptors (Lipinski definition) is 3. The minimum atomic E-state index is 0.255. The molecule has 19 heavy (non-hydrogen) atoms. The third-order valence-corrected chi connectivity index (χ3v) is 5.99. The van der Waals surface area contributed by atoms with E-state index in [-0.39, 0.29) is 5.54 Å². The molecule has 110 valence electrons. The van der Waals surface area contributed by atoms with Crippen molar-refractivity contribution in [1.29, 1.82) is 0 Å². The van der Waals surface area contributed by atoms with Gasteiger partial charge in [0.05, 0.1) is 6.54 Å². The lowest BCUT2D eigenvalue weighted by molar-refractivity contribution is 0.167. The number of thioether (sulfide) groups is 1. The second-order valence-corrected chi connectivity index (χ2v) is 7.67. The van der Waals surface area contributed by atoms with Crippen LogP contribution in [0.4, 0.5) is 0 Å². The molecule has 1 unspecified atom stereocenters. The largest absolute Gasteiger partial charge is 0.360 e. The first-order valence-corrected chi connectivity index (χ1v) is 8.61. The van der Waals surface area contributed by atoms with E-state index < -0.39 is 0 Å². The van der Waals surface area contributed by atoms with Gasteiger partial charge in [-0.25, -0.2) is 0 Å². The fraction of sp³-hybridized carbons (Fsp3) is 0.933. The highest BCUT2D eigenvalue weighted by Crippen LogP contribution is 2.34. The monoisotopic (exact) mass is 283 g/mol. The van der Waals surface area contributed by atoms with Crippen LogP contribution in [-0.2, 0) is 0 Å². The molecule has 0 aromatic heterocycles. The Hall–Kier alpha value is -0.220. The lowest BCUT2D eigenvalue weighted by atomic mass is 9.95. The molecule has 2 fully saturated rings. The SMILES string of the molecule is CCC1(C)CCSC(=NCC2(N(C)C)CCCC2)N1. The molecule has 1 saturated heterocycles. The van der Waals surface area contributed by atoms with Crippen molar-refractivity contribution >= 4 is 16.9 Å². The van der Waals surface area contributed by atoms with Crippen molar-refractivity contribution in [3.05, 3.63) is 0 Å². The van der Waals surface area contributed by atoms with Crippen LogP contribution in [0, 0.1) is 0 Å². The highest BCUT2D eigenvalue weighted by molar-refractivity contribution is 8.13. The first-order valence-electron chi connectivity index (χ1n) is 7.63. The summed E-state index contributed by atoms with van der Waals surface area (Å²) >= 11 is 1.90. The summed E-state index contributed by atoms with van der Waals surface area (Å²) in [5.41, 5.74) is 0.570. The van der Waals surface area contributed by atoms with Gasteiger partial charge in [-0.05, 0) is 46.7 Å². The van der Waals surface area contributed by atoms with E-state index in [1.807, 2.05) is 11.8 Å². The molecule has 2 rings (SSSR count). The molecule has 0 aromatic carbocycles. The van der Waals surface area contributed by atoms with Crippen LogP contribution in [-0.4, -0.2) is 47.5 Å². The number of nitrogens with zero attached hydrogens (tertiary/aromatic N) is 2. The molecule has 1 heterocycles. The Morgan fingerprint density at radius 2 is 1.95 bits per heavy atom. The van der Waals surface area contributed by atoms with Crippen molar-refractivity contribution in [2.75, 3.05) is 26.4 Å². The molecule has 1 atom stereocenters. The zero-order valence-electron chi connectivity index (χ0n) is 13.0. The van der Waals surface area contributed by atoms with Crippen molar-refractivity contribution in [3.63, 3.8) is 0 Å². The Kier molecular flexibility index (Phi) is 4.83. The standard InChI is InChI=1S/C15H29N3S/c1-5-14(2)10-11-19-13(17-14)16-12-15(18(3)4)8-6-7-9-15/h5-12H2,1-4H3,(H,16,17). The molecule has 0 spiro atoms. The zero-order valence-corrected chi connectivity index (χ0v) is 13.8. The predicted octanol–water partition coefficient (Wildman–Crippen LogP) is 3.11. The molecule has 0 amide bonds. The third kappa shape index (κ3) is 3.46. The number of rotatable bonds is 4. The topological polar surface area (TPSA) is 27.6 Å². The van der Waals surface area contributed by atoms with Gasteiger partial charge in [0.2, 0.25) is 0 Å². The lowest BCUT2D eigenvalue weighted by Gasteiger charge is -2.37. The van der Waals surface area contributed by atoms with Gasteiger partial charge in [0.15, 0.2) is 5.17 Å². The molecule has 0 radical (unpaired) electrons. The van der Waals surface area contributed by atoms with Crippen LogP contribution >= 0.6 is 11.8 Å². The van der Waals surface area contributed by atoms with E-state index >= 15 is 0 Å². The summed E-state index contributed by atoms with van der Waals surface area (Å²) in [4.78, 5) is 7.33. The van der Waals surface area contributed by atoms with E-state index in [2.05, 4.69) is 38.2 Å². The van der Waals surface area contributed by atoms with Crippen molar-refractivity contribution in [1.82, 2.24) is 10.2 Å². The van der Waals surface area contributed by atoms with Crippen LogP contribution in [0.15, 0.2) is 4.99 Å². The highest BCUT2D eigenvalue weighted by Gasteiger charge is 2.36. The Morgan fingerprint density at radius 3 is 2.53 bits per heavy atom. The average Bonchev–Trinajstić information content (AvgIpc) is 2.87. The summed E-state index contributed by atoms with van der Waals surface area (Å²) in [6.07, 6.45) is 7.73. The Bertz CT molecular complexity index is 334. The molecule has 1 aliphatic carbocycles. The summed E-state index contributed by atoms with van der Waals surface area (Å²) in [6, 6.07) is 0. The van der Waals surface area contributed by atoms with Gasteiger partial charge in [-0.15, -0.1) is 0 Å². The number of hydrogen-bond donors (Lipinski definition) is 1. The molecule has 0 aromatic rings. The molecular weight excluding hydrogens is 254 g/mol. The van der Waals surface area contributed by atoms with Gasteiger partial charge in [0, 0.05) is 16.8 Å². The summed E-state index contributed by atoms with van der Waals surface area (Å²) in [7, 11) is 4.42. The second kappa shape index (κ2) is 6.04. The van der Waals surface area contributed by atoms with Crippen LogP contribution in [0.1, 0.15) is 52.4 Å². The van der Waals surface area contributed by atoms with E-state index in [1.54, 1.807) is 0 Å². The smallest absolute Gasteiger partial charge is 0.157 e. The highest BCUT2D eigenvalue weighted by atomic mass is 32.2. The Balaban J connectivity index is 2.01. The minimum Gasteiger partial charge on any atom is -0.360 e. The minimum absolute atomic E-state index is 0.255. The predicted molar refractivity (Wildman–Crippen MR) is 86.1 cm³/mol. The van der Waals surface area contributed by atoms with Crippen LogP contribution < -0.4 is 5.32 Å². The number of nitrogens with one attached hydrogen (secondary N) is 1. The van der Waals surface area contributed by atoms with Crippen molar-refractivity contribution in [2.24, 2.45) is 4.99 Å². The van der Waals surface area contributed by atoms with E-state index in [4.69, 9.17) is 4.99 Å². The third-order valence-electron chi connectivity index (χ3n) is 5.08. The number of amidine groups is 1. The fourth-order valence-electron chi connectivity index (χ4n) is 3.08. The Morgan fingerprint density at radius 1 is 1.26 bits per heavy atom. The second-order valence-electron chi connectivity index (χ2n) is 6.58. The van der Waals surface area contributed by atoms with Crippen molar-refractivity contribution in [3.8, 4) is 0 Å².